The van der Waals surface area contributed by atoms with E-state index in [0.29, 0.717) is 23.0 Å². The van der Waals surface area contributed by atoms with Crippen LogP contribution in [-0.2, 0) is 0 Å². The second kappa shape index (κ2) is 5.73. The van der Waals surface area contributed by atoms with E-state index in [0.717, 1.165) is 12.2 Å². The van der Waals surface area contributed by atoms with E-state index in [4.69, 9.17) is 5.73 Å². The third-order valence-electron chi connectivity index (χ3n) is 3.81. The first-order chi connectivity index (χ1) is 10.6. The van der Waals surface area contributed by atoms with Gasteiger partial charge in [0.2, 0.25) is 0 Å². The van der Waals surface area contributed by atoms with Gasteiger partial charge in [-0.2, -0.15) is 5.26 Å². The van der Waals surface area contributed by atoms with Gasteiger partial charge in [0.05, 0.1) is 16.6 Å². The van der Waals surface area contributed by atoms with Crippen molar-refractivity contribution in [3.63, 3.8) is 0 Å². The van der Waals surface area contributed by atoms with E-state index in [2.05, 4.69) is 6.07 Å². The molecule has 2 heterocycles. The number of rotatable bonds is 2. The minimum atomic E-state index is -0.710. The van der Waals surface area contributed by atoms with Crippen molar-refractivity contribution in [2.45, 2.75) is 12.3 Å². The normalized spacial score (nSPS) is 21.4. The van der Waals surface area contributed by atoms with Crippen LogP contribution in [0.4, 0.5) is 0 Å². The number of allylic oxidation sites excluding steroid dienone is 1. The van der Waals surface area contributed by atoms with Crippen LogP contribution in [-0.4, -0.2) is 22.1 Å². The first-order valence-corrected chi connectivity index (χ1v) is 7.87. The molecule has 1 fully saturated rings. The Labute approximate surface area is 132 Å². The lowest BCUT2D eigenvalue weighted by Gasteiger charge is -2.36. The molecule has 0 amide bonds. The zero-order valence-electron chi connectivity index (χ0n) is 11.7. The van der Waals surface area contributed by atoms with Gasteiger partial charge in [0.15, 0.2) is 5.03 Å². The van der Waals surface area contributed by atoms with Gasteiger partial charge in [0.25, 0.3) is 5.70 Å². The largest absolute Gasteiger partial charge is 0.384 e. The van der Waals surface area contributed by atoms with Crippen LogP contribution in [0.1, 0.15) is 17.9 Å². The van der Waals surface area contributed by atoms with E-state index in [9.17, 15) is 15.4 Å². The number of nitro groups is 1. The van der Waals surface area contributed by atoms with Gasteiger partial charge in [0, 0.05) is 12.3 Å². The van der Waals surface area contributed by atoms with Crippen LogP contribution >= 0.6 is 11.8 Å². The summed E-state index contributed by atoms with van der Waals surface area (Å²) in [5.74, 6) is 0.446. The van der Waals surface area contributed by atoms with Crippen molar-refractivity contribution in [1.29, 1.82) is 5.26 Å². The Balaban J connectivity index is 2.23. The molecule has 1 unspecified atom stereocenters. The average Bonchev–Trinajstić information content (AvgIpc) is 2.55. The summed E-state index contributed by atoms with van der Waals surface area (Å²) < 4.78 is 0. The molecule has 2 aliphatic rings. The van der Waals surface area contributed by atoms with Crippen molar-refractivity contribution >= 4 is 11.8 Å². The lowest BCUT2D eigenvalue weighted by molar-refractivity contribution is -0.431. The fraction of sp³-hybridized carbons (Fsp3) is 0.267. The molecule has 0 aromatic heterocycles. The highest BCUT2D eigenvalue weighted by Gasteiger charge is 2.43. The lowest BCUT2D eigenvalue weighted by atomic mass is 9.87. The molecule has 112 valence electrons. The van der Waals surface area contributed by atoms with Crippen molar-refractivity contribution < 1.29 is 4.92 Å². The molecule has 22 heavy (non-hydrogen) atoms. The summed E-state index contributed by atoms with van der Waals surface area (Å²) in [5, 5.41) is 21.8. The van der Waals surface area contributed by atoms with Gasteiger partial charge >= 0.3 is 0 Å². The smallest absolute Gasteiger partial charge is 0.288 e. The number of nitrogens with zero attached hydrogens (tertiary/aromatic N) is 3. The maximum atomic E-state index is 11.7. The van der Waals surface area contributed by atoms with E-state index in [1.165, 1.54) is 11.8 Å². The minimum absolute atomic E-state index is 0.0571. The Morgan fingerprint density at radius 3 is 2.77 bits per heavy atom. The molecule has 7 heteroatoms. The summed E-state index contributed by atoms with van der Waals surface area (Å²) in [4.78, 5) is 13.0. The van der Waals surface area contributed by atoms with Crippen molar-refractivity contribution in [2.24, 2.45) is 5.73 Å². The molecule has 2 N–H and O–H groups in total. The molecule has 6 nitrogen and oxygen atoms in total. The Hall–Kier alpha value is -2.46. The summed E-state index contributed by atoms with van der Waals surface area (Å²) in [6.07, 6.45) is 0.884. The third kappa shape index (κ3) is 2.22. The highest BCUT2D eigenvalue weighted by Crippen LogP contribution is 2.45. The van der Waals surface area contributed by atoms with Gasteiger partial charge in [-0.1, -0.05) is 30.3 Å². The maximum Gasteiger partial charge on any atom is 0.288 e. The van der Waals surface area contributed by atoms with E-state index in [1.807, 2.05) is 18.2 Å². The standard InChI is InChI=1S/C15H14N4O2S/c16-9-11-12(10-5-2-1-3-6-10)13(19(20)21)15-18(14(11)17)7-4-8-22-15/h1-3,5-6,12H,4,7-8,17H2. The molecule has 1 aromatic carbocycles. The molecule has 0 aliphatic carbocycles. The van der Waals surface area contributed by atoms with Gasteiger partial charge in [-0.15, -0.1) is 11.8 Å². The number of thioether (sulfide) groups is 1. The second-order valence-corrected chi connectivity index (χ2v) is 6.14. The van der Waals surface area contributed by atoms with Gasteiger partial charge < -0.3 is 10.6 Å². The van der Waals surface area contributed by atoms with Crippen LogP contribution in [0.3, 0.4) is 0 Å². The van der Waals surface area contributed by atoms with E-state index in [-0.39, 0.29) is 16.2 Å². The second-order valence-electron chi connectivity index (χ2n) is 5.06. The molecule has 1 saturated heterocycles. The monoisotopic (exact) mass is 314 g/mol. The topological polar surface area (TPSA) is 96.2 Å². The summed E-state index contributed by atoms with van der Waals surface area (Å²) in [6.45, 7) is 0.609. The van der Waals surface area contributed by atoms with E-state index >= 15 is 0 Å². The SMILES string of the molecule is N#CC1=C(N)N2CCCSC2=C([N+](=O)[O-])C1c1ccccc1. The number of hydrogen-bond acceptors (Lipinski definition) is 6. The molecular formula is C15H14N4O2S. The highest BCUT2D eigenvalue weighted by molar-refractivity contribution is 8.03. The predicted molar refractivity (Wildman–Crippen MR) is 83.8 cm³/mol. The zero-order valence-corrected chi connectivity index (χ0v) is 12.5. The number of fused-ring (bicyclic) bond motifs is 1. The number of nitriles is 1. The Bertz CT molecular complexity index is 721. The lowest BCUT2D eigenvalue weighted by Crippen LogP contribution is -2.38. The zero-order chi connectivity index (χ0) is 15.7. The van der Waals surface area contributed by atoms with Crippen molar-refractivity contribution in [3.8, 4) is 6.07 Å². The van der Waals surface area contributed by atoms with Crippen LogP contribution in [0.25, 0.3) is 0 Å². The van der Waals surface area contributed by atoms with E-state index < -0.39 is 5.92 Å². The predicted octanol–water partition coefficient (Wildman–Crippen LogP) is 2.36. The summed E-state index contributed by atoms with van der Waals surface area (Å²) in [6, 6.07) is 11.1. The van der Waals surface area contributed by atoms with E-state index in [1.54, 1.807) is 17.0 Å². The summed E-state index contributed by atoms with van der Waals surface area (Å²) in [7, 11) is 0. The van der Waals surface area contributed by atoms with Crippen molar-refractivity contribution in [3.05, 3.63) is 68.1 Å². The number of benzene rings is 1. The van der Waals surface area contributed by atoms with Gasteiger partial charge in [0.1, 0.15) is 11.7 Å². The molecule has 2 aliphatic heterocycles. The first-order valence-electron chi connectivity index (χ1n) is 6.88. The molecule has 0 saturated carbocycles. The van der Waals surface area contributed by atoms with Gasteiger partial charge in [-0.05, 0) is 12.0 Å². The van der Waals surface area contributed by atoms with Crippen molar-refractivity contribution in [2.75, 3.05) is 12.3 Å². The minimum Gasteiger partial charge on any atom is -0.384 e. The Morgan fingerprint density at radius 1 is 1.41 bits per heavy atom. The fourth-order valence-electron chi connectivity index (χ4n) is 2.84. The molecule has 0 bridgehead atoms. The Morgan fingerprint density at radius 2 is 2.14 bits per heavy atom. The van der Waals surface area contributed by atoms with Crippen LogP contribution < -0.4 is 5.73 Å². The van der Waals surface area contributed by atoms with Gasteiger partial charge in [-0.3, -0.25) is 10.1 Å². The number of hydrogen-bond donors (Lipinski definition) is 1. The van der Waals surface area contributed by atoms with Gasteiger partial charge in [-0.25, -0.2) is 0 Å². The van der Waals surface area contributed by atoms with Crippen LogP contribution in [0.2, 0.25) is 0 Å². The van der Waals surface area contributed by atoms with Crippen LogP contribution in [0.5, 0.6) is 0 Å². The van der Waals surface area contributed by atoms with Crippen LogP contribution in [0, 0.1) is 21.4 Å². The average molecular weight is 314 g/mol. The maximum absolute atomic E-state index is 11.7. The molecule has 1 atom stereocenters. The fourth-order valence-corrected chi connectivity index (χ4v) is 3.99. The summed E-state index contributed by atoms with van der Waals surface area (Å²) in [5.41, 5.74) is 7.17. The first kappa shape index (κ1) is 14.5. The van der Waals surface area contributed by atoms with Crippen molar-refractivity contribution in [1.82, 2.24) is 4.90 Å². The summed E-state index contributed by atoms with van der Waals surface area (Å²) >= 11 is 1.44. The third-order valence-corrected chi connectivity index (χ3v) is 5.00. The molecule has 0 spiro atoms. The Kier molecular flexibility index (Phi) is 3.77. The molecular weight excluding hydrogens is 300 g/mol. The highest BCUT2D eigenvalue weighted by atomic mass is 32.2. The quantitative estimate of drug-likeness (QED) is 0.665. The van der Waals surface area contributed by atoms with Crippen LogP contribution in [0.15, 0.2) is 52.5 Å². The molecule has 3 rings (SSSR count). The number of nitrogens with two attached hydrogens (primary N) is 1. The molecule has 0 radical (unpaired) electrons. The molecule has 1 aromatic rings.